The van der Waals surface area contributed by atoms with Crippen molar-refractivity contribution in [2.24, 2.45) is 5.92 Å². The van der Waals surface area contributed by atoms with E-state index in [1.807, 2.05) is 19.9 Å². The third-order valence-corrected chi connectivity index (χ3v) is 3.02. The number of nitrogens with zero attached hydrogens (tertiary/aromatic N) is 2. The minimum absolute atomic E-state index is 0.464. The number of hydrogen-bond donors (Lipinski definition) is 0. The van der Waals surface area contributed by atoms with Gasteiger partial charge in [0.15, 0.2) is 0 Å². The number of halogens is 1. The van der Waals surface area contributed by atoms with Crippen LogP contribution in [0.4, 0.5) is 0 Å². The van der Waals surface area contributed by atoms with Crippen molar-refractivity contribution in [3.05, 3.63) is 17.6 Å². The van der Waals surface area contributed by atoms with E-state index in [1.54, 1.807) is 0 Å². The second-order valence-corrected chi connectivity index (χ2v) is 5.90. The predicted molar refractivity (Wildman–Crippen MR) is 73.8 cm³/mol. The summed E-state index contributed by atoms with van der Waals surface area (Å²) in [7, 11) is 0. The van der Waals surface area contributed by atoms with Gasteiger partial charge in [-0.15, -0.1) is 0 Å². The Bertz CT molecular complexity index is 355. The Kier molecular flexibility index (Phi) is 5.89. The lowest BCUT2D eigenvalue weighted by molar-refractivity contribution is 0.324. The normalized spacial score (nSPS) is 12.8. The first-order valence-electron chi connectivity index (χ1n) is 6.12. The van der Waals surface area contributed by atoms with Crippen LogP contribution in [0.1, 0.15) is 38.7 Å². The van der Waals surface area contributed by atoms with Crippen LogP contribution in [0.5, 0.6) is 5.88 Å². The van der Waals surface area contributed by atoms with Crippen molar-refractivity contribution in [3.8, 4) is 5.88 Å². The smallest absolute Gasteiger partial charge is 0.216 e. The molecule has 1 unspecified atom stereocenters. The molecule has 1 rings (SSSR count). The van der Waals surface area contributed by atoms with E-state index in [0.717, 1.165) is 24.4 Å². The van der Waals surface area contributed by atoms with Crippen LogP contribution < -0.4 is 4.74 Å². The van der Waals surface area contributed by atoms with Gasteiger partial charge in [-0.05, 0) is 26.2 Å². The zero-order valence-electron chi connectivity index (χ0n) is 11.0. The summed E-state index contributed by atoms with van der Waals surface area (Å²) in [6.45, 7) is 8.96. The molecule has 0 fully saturated rings. The van der Waals surface area contributed by atoms with E-state index in [9.17, 15) is 0 Å². The van der Waals surface area contributed by atoms with Crippen molar-refractivity contribution in [2.75, 3.05) is 6.61 Å². The van der Waals surface area contributed by atoms with Gasteiger partial charge in [-0.3, -0.25) is 0 Å². The summed E-state index contributed by atoms with van der Waals surface area (Å²) < 4.78 is 5.42. The van der Waals surface area contributed by atoms with E-state index in [0.29, 0.717) is 23.2 Å². The van der Waals surface area contributed by atoms with Crippen LogP contribution in [-0.4, -0.2) is 21.4 Å². The molecule has 0 saturated heterocycles. The zero-order chi connectivity index (χ0) is 12.8. The van der Waals surface area contributed by atoms with Crippen molar-refractivity contribution in [1.82, 2.24) is 9.97 Å². The van der Waals surface area contributed by atoms with Crippen LogP contribution in [0.15, 0.2) is 6.07 Å². The number of hydrogen-bond acceptors (Lipinski definition) is 3. The first-order valence-corrected chi connectivity index (χ1v) is 7.04. The molecule has 1 atom stereocenters. The fourth-order valence-electron chi connectivity index (χ4n) is 1.75. The highest BCUT2D eigenvalue weighted by Gasteiger charge is 2.10. The van der Waals surface area contributed by atoms with Gasteiger partial charge in [0.2, 0.25) is 5.88 Å². The molecule has 1 aromatic heterocycles. The first-order chi connectivity index (χ1) is 8.01. The maximum atomic E-state index is 5.42. The zero-order valence-corrected chi connectivity index (χ0v) is 12.6. The van der Waals surface area contributed by atoms with Gasteiger partial charge in [-0.1, -0.05) is 29.8 Å². The number of alkyl halides is 1. The topological polar surface area (TPSA) is 35.0 Å². The first kappa shape index (κ1) is 14.4. The molecule has 4 heteroatoms. The molecule has 17 heavy (non-hydrogen) atoms. The molecular formula is C13H21BrN2O. The molecule has 0 bridgehead atoms. The van der Waals surface area contributed by atoms with Gasteiger partial charge in [-0.25, -0.2) is 4.98 Å². The van der Waals surface area contributed by atoms with Crippen LogP contribution in [0.25, 0.3) is 0 Å². The minimum atomic E-state index is 0.464. The van der Waals surface area contributed by atoms with Crippen molar-refractivity contribution in [3.63, 3.8) is 0 Å². The summed E-state index contributed by atoms with van der Waals surface area (Å²) in [4.78, 5) is 9.15. The fraction of sp³-hybridized carbons (Fsp3) is 0.692. The summed E-state index contributed by atoms with van der Waals surface area (Å²) in [5.41, 5.74) is 1.04. The number of ether oxygens (including phenoxy) is 1. The molecule has 0 saturated carbocycles. The van der Waals surface area contributed by atoms with E-state index < -0.39 is 0 Å². The van der Waals surface area contributed by atoms with Crippen molar-refractivity contribution >= 4 is 15.9 Å². The molecule has 3 nitrogen and oxygen atoms in total. The molecule has 0 aliphatic rings. The molecule has 0 N–H and O–H groups in total. The van der Waals surface area contributed by atoms with Gasteiger partial charge in [0.25, 0.3) is 0 Å². The van der Waals surface area contributed by atoms with Gasteiger partial charge in [-0.2, -0.15) is 4.98 Å². The predicted octanol–water partition coefficient (Wildman–Crippen LogP) is 3.54. The van der Waals surface area contributed by atoms with E-state index >= 15 is 0 Å². The maximum Gasteiger partial charge on any atom is 0.216 e. The number of aryl methyl sites for hydroxylation is 1. The van der Waals surface area contributed by atoms with Crippen LogP contribution in [0, 0.1) is 12.8 Å². The molecule has 1 heterocycles. The van der Waals surface area contributed by atoms with Crippen molar-refractivity contribution in [1.29, 1.82) is 0 Å². The lowest BCUT2D eigenvalue weighted by atomic mass is 10.1. The quantitative estimate of drug-likeness (QED) is 0.754. The van der Waals surface area contributed by atoms with Crippen molar-refractivity contribution < 1.29 is 4.74 Å². The van der Waals surface area contributed by atoms with E-state index in [1.165, 1.54) is 0 Å². The third-order valence-electron chi connectivity index (χ3n) is 2.32. The Hall–Kier alpha value is -0.640. The number of aromatic nitrogens is 2. The minimum Gasteiger partial charge on any atom is -0.478 e. The largest absolute Gasteiger partial charge is 0.478 e. The fourth-order valence-corrected chi connectivity index (χ4v) is 2.83. The monoisotopic (exact) mass is 300 g/mol. The standard InChI is InChI=1S/C13H21BrN2O/c1-5-17-13-8-12(15-10(4)16-13)7-11(14)6-9(2)3/h8-9,11H,5-7H2,1-4H3. The van der Waals surface area contributed by atoms with Gasteiger partial charge >= 0.3 is 0 Å². The van der Waals surface area contributed by atoms with Crippen LogP contribution >= 0.6 is 15.9 Å². The SMILES string of the molecule is CCOc1cc(CC(Br)CC(C)C)nc(C)n1. The van der Waals surface area contributed by atoms with E-state index in [2.05, 4.69) is 39.7 Å². The van der Waals surface area contributed by atoms with E-state index in [-0.39, 0.29) is 0 Å². The van der Waals surface area contributed by atoms with Crippen LogP contribution in [0.2, 0.25) is 0 Å². The molecule has 96 valence electrons. The number of rotatable bonds is 6. The summed E-state index contributed by atoms with van der Waals surface area (Å²) in [6.07, 6.45) is 2.06. The molecule has 0 aliphatic heterocycles. The average molecular weight is 301 g/mol. The van der Waals surface area contributed by atoms with Crippen LogP contribution in [0.3, 0.4) is 0 Å². The highest BCUT2D eigenvalue weighted by Crippen LogP contribution is 2.19. The van der Waals surface area contributed by atoms with Crippen LogP contribution in [-0.2, 0) is 6.42 Å². The molecular weight excluding hydrogens is 280 g/mol. The lowest BCUT2D eigenvalue weighted by Gasteiger charge is -2.12. The van der Waals surface area contributed by atoms with Crippen molar-refractivity contribution in [2.45, 2.75) is 45.4 Å². The average Bonchev–Trinajstić information content (AvgIpc) is 2.14. The van der Waals surface area contributed by atoms with Gasteiger partial charge in [0.05, 0.1) is 6.61 Å². The molecule has 0 amide bonds. The van der Waals surface area contributed by atoms with Gasteiger partial charge in [0.1, 0.15) is 5.82 Å². The van der Waals surface area contributed by atoms with Gasteiger partial charge < -0.3 is 4.74 Å². The Labute approximate surface area is 112 Å². The second kappa shape index (κ2) is 6.94. The van der Waals surface area contributed by atoms with E-state index in [4.69, 9.17) is 4.74 Å². The summed E-state index contributed by atoms with van der Waals surface area (Å²) in [5, 5.41) is 0. The molecule has 0 spiro atoms. The second-order valence-electron chi connectivity index (χ2n) is 4.61. The Balaban J connectivity index is 2.69. The summed E-state index contributed by atoms with van der Waals surface area (Å²) >= 11 is 3.70. The van der Waals surface area contributed by atoms with Gasteiger partial charge in [0, 0.05) is 23.0 Å². The summed E-state index contributed by atoms with van der Waals surface area (Å²) in [5.74, 6) is 2.14. The molecule has 0 aromatic carbocycles. The Morgan fingerprint density at radius 3 is 2.65 bits per heavy atom. The lowest BCUT2D eigenvalue weighted by Crippen LogP contribution is -2.09. The Morgan fingerprint density at radius 1 is 1.35 bits per heavy atom. The summed E-state index contributed by atoms with van der Waals surface area (Å²) in [6, 6.07) is 1.94. The molecule has 0 radical (unpaired) electrons. The molecule has 0 aliphatic carbocycles. The third kappa shape index (κ3) is 5.48. The highest BCUT2D eigenvalue weighted by atomic mass is 79.9. The molecule has 1 aromatic rings. The maximum absolute atomic E-state index is 5.42. The Morgan fingerprint density at radius 2 is 2.06 bits per heavy atom. The highest BCUT2D eigenvalue weighted by molar-refractivity contribution is 9.09.